The van der Waals surface area contributed by atoms with E-state index in [0.717, 1.165) is 19.3 Å². The van der Waals surface area contributed by atoms with Gasteiger partial charge in [-0.3, -0.25) is 4.79 Å². The third kappa shape index (κ3) is 2.44. The molecule has 9 atom stereocenters. The summed E-state index contributed by atoms with van der Waals surface area (Å²) < 4.78 is 5.84. The quantitative estimate of drug-likeness (QED) is 0.432. The van der Waals surface area contributed by atoms with Crippen molar-refractivity contribution >= 4 is 5.97 Å². The lowest BCUT2D eigenvalue weighted by Crippen LogP contribution is -2.56. The summed E-state index contributed by atoms with van der Waals surface area (Å²) in [6, 6.07) is 0. The molecule has 0 aromatic carbocycles. The van der Waals surface area contributed by atoms with Crippen LogP contribution in [0.1, 0.15) is 52.9 Å². The summed E-state index contributed by atoms with van der Waals surface area (Å²) in [5, 5.41) is 41.5. The number of ether oxygens (including phenoxy) is 1. The molecule has 6 nitrogen and oxygen atoms in total. The minimum Gasteiger partial charge on any atom is -0.481 e. The molecule has 6 heteroatoms. The van der Waals surface area contributed by atoms with Crippen LogP contribution in [-0.2, 0) is 9.53 Å². The summed E-state index contributed by atoms with van der Waals surface area (Å²) in [4.78, 5) is 12.1. The zero-order valence-corrected chi connectivity index (χ0v) is 16.9. The first-order valence-corrected chi connectivity index (χ1v) is 10.3. The molecule has 3 fully saturated rings. The van der Waals surface area contributed by atoms with Crippen molar-refractivity contribution in [1.29, 1.82) is 0 Å². The second-order valence-corrected chi connectivity index (χ2v) is 9.98. The molecule has 156 valence electrons. The second-order valence-electron chi connectivity index (χ2n) is 9.98. The van der Waals surface area contributed by atoms with E-state index in [0.29, 0.717) is 12.8 Å². The van der Waals surface area contributed by atoms with Crippen molar-refractivity contribution in [3.05, 3.63) is 23.8 Å². The van der Waals surface area contributed by atoms with Crippen LogP contribution in [0, 0.1) is 22.7 Å². The first-order valence-electron chi connectivity index (χ1n) is 10.3. The zero-order valence-electron chi connectivity index (χ0n) is 16.9. The van der Waals surface area contributed by atoms with Gasteiger partial charge in [0.05, 0.1) is 5.41 Å². The van der Waals surface area contributed by atoms with Crippen LogP contribution in [0.25, 0.3) is 0 Å². The van der Waals surface area contributed by atoms with Crippen molar-refractivity contribution in [3.63, 3.8) is 0 Å². The van der Waals surface area contributed by atoms with E-state index in [-0.39, 0.29) is 22.8 Å². The van der Waals surface area contributed by atoms with Gasteiger partial charge in [0.15, 0.2) is 0 Å². The smallest absolute Gasteiger partial charge is 0.309 e. The van der Waals surface area contributed by atoms with Crippen LogP contribution >= 0.6 is 0 Å². The molecule has 4 N–H and O–H groups in total. The van der Waals surface area contributed by atoms with E-state index in [2.05, 4.69) is 26.5 Å². The van der Waals surface area contributed by atoms with Crippen molar-refractivity contribution in [1.82, 2.24) is 0 Å². The Bertz CT molecular complexity index is 745. The van der Waals surface area contributed by atoms with Crippen molar-refractivity contribution < 1.29 is 30.0 Å². The number of carbonyl (C=O) groups is 1. The lowest BCUT2D eigenvalue weighted by molar-refractivity contribution is -0.163. The van der Waals surface area contributed by atoms with Crippen molar-refractivity contribution in [2.75, 3.05) is 0 Å². The van der Waals surface area contributed by atoms with Gasteiger partial charge in [-0.1, -0.05) is 31.6 Å². The molecular weight excluding hydrogens is 360 g/mol. The highest BCUT2D eigenvalue weighted by atomic mass is 16.6. The molecule has 4 aliphatic rings. The molecule has 1 saturated heterocycles. The Balaban J connectivity index is 1.68. The Morgan fingerprint density at radius 3 is 2.57 bits per heavy atom. The van der Waals surface area contributed by atoms with E-state index < -0.39 is 41.4 Å². The number of epoxide rings is 1. The fraction of sp³-hybridized carbons (Fsp3) is 0.773. The molecule has 1 aliphatic heterocycles. The minimum atomic E-state index is -1.22. The second kappa shape index (κ2) is 6.14. The van der Waals surface area contributed by atoms with Crippen LogP contribution in [0.4, 0.5) is 0 Å². The van der Waals surface area contributed by atoms with E-state index >= 15 is 0 Å². The summed E-state index contributed by atoms with van der Waals surface area (Å²) in [7, 11) is 0. The summed E-state index contributed by atoms with van der Waals surface area (Å²) in [6.45, 7) is 9.80. The van der Waals surface area contributed by atoms with Gasteiger partial charge < -0.3 is 25.2 Å². The Labute approximate surface area is 165 Å². The normalized spacial score (nSPS) is 53.1. The van der Waals surface area contributed by atoms with Gasteiger partial charge in [0, 0.05) is 0 Å². The Morgan fingerprint density at radius 2 is 1.93 bits per heavy atom. The van der Waals surface area contributed by atoms with Crippen molar-refractivity contribution in [2.24, 2.45) is 22.7 Å². The molecular formula is C22H32O6. The number of fused-ring (bicyclic) bond motifs is 2. The maximum absolute atomic E-state index is 12.1. The topological polar surface area (TPSA) is 111 Å². The molecule has 0 radical (unpaired) electrons. The first-order chi connectivity index (χ1) is 13.0. The lowest BCUT2D eigenvalue weighted by Gasteiger charge is -2.56. The number of rotatable bonds is 3. The van der Waals surface area contributed by atoms with Crippen LogP contribution < -0.4 is 0 Å². The zero-order chi connectivity index (χ0) is 20.6. The Kier molecular flexibility index (Phi) is 4.41. The maximum Gasteiger partial charge on any atom is 0.309 e. The highest BCUT2D eigenvalue weighted by Crippen LogP contribution is 2.64. The van der Waals surface area contributed by atoms with E-state index in [9.17, 15) is 25.2 Å². The molecule has 2 saturated carbocycles. The van der Waals surface area contributed by atoms with Crippen LogP contribution in [0.3, 0.4) is 0 Å². The number of hydrogen-bond donors (Lipinski definition) is 4. The highest BCUT2D eigenvalue weighted by molar-refractivity contribution is 5.75. The minimum absolute atomic E-state index is 0.000837. The van der Waals surface area contributed by atoms with Gasteiger partial charge in [-0.15, -0.1) is 0 Å². The number of carboxylic acids is 1. The molecule has 0 aromatic heterocycles. The van der Waals surface area contributed by atoms with Crippen LogP contribution in [0.15, 0.2) is 23.8 Å². The lowest BCUT2D eigenvalue weighted by atomic mass is 9.47. The molecule has 0 spiro atoms. The van der Waals surface area contributed by atoms with Gasteiger partial charge in [-0.25, -0.2) is 0 Å². The summed E-state index contributed by atoms with van der Waals surface area (Å²) in [5.41, 5.74) is -0.636. The summed E-state index contributed by atoms with van der Waals surface area (Å²) in [6.07, 6.45) is 1.86. The fourth-order valence-electron chi connectivity index (χ4n) is 6.69. The number of allylic oxidation sites excluding steroid dienone is 2. The van der Waals surface area contributed by atoms with Crippen molar-refractivity contribution in [2.45, 2.75) is 82.9 Å². The molecule has 28 heavy (non-hydrogen) atoms. The van der Waals surface area contributed by atoms with Gasteiger partial charge in [0.25, 0.3) is 0 Å². The van der Waals surface area contributed by atoms with E-state index in [1.165, 1.54) is 5.57 Å². The van der Waals surface area contributed by atoms with Gasteiger partial charge >= 0.3 is 5.97 Å². The van der Waals surface area contributed by atoms with E-state index in [1.54, 1.807) is 0 Å². The number of aliphatic hydroxyl groups excluding tert-OH is 3. The number of carboxylic acid groups (broad SMARTS) is 1. The summed E-state index contributed by atoms with van der Waals surface area (Å²) >= 11 is 0. The Hall–Kier alpha value is -1.21. The third-order valence-electron chi connectivity index (χ3n) is 8.63. The van der Waals surface area contributed by atoms with E-state index in [1.807, 2.05) is 6.92 Å². The van der Waals surface area contributed by atoms with Crippen LogP contribution in [0.2, 0.25) is 0 Å². The third-order valence-corrected chi connectivity index (χ3v) is 8.63. The van der Waals surface area contributed by atoms with Crippen molar-refractivity contribution in [3.8, 4) is 0 Å². The summed E-state index contributed by atoms with van der Waals surface area (Å²) in [5.74, 6) is -0.719. The largest absolute Gasteiger partial charge is 0.481 e. The molecule has 0 unspecified atom stereocenters. The van der Waals surface area contributed by atoms with E-state index in [4.69, 9.17) is 4.74 Å². The molecule has 0 bridgehead atoms. The van der Waals surface area contributed by atoms with Crippen LogP contribution in [-0.4, -0.2) is 56.4 Å². The monoisotopic (exact) mass is 392 g/mol. The highest BCUT2D eigenvalue weighted by Gasteiger charge is 2.71. The predicted octanol–water partition coefficient (Wildman–Crippen LogP) is 2.03. The predicted molar refractivity (Wildman–Crippen MR) is 102 cm³/mol. The number of aliphatic hydroxyl groups is 3. The van der Waals surface area contributed by atoms with Crippen LogP contribution in [0.5, 0.6) is 0 Å². The molecule has 4 rings (SSSR count). The molecule has 1 heterocycles. The van der Waals surface area contributed by atoms with Gasteiger partial charge in [-0.05, 0) is 62.4 Å². The SMILES string of the molecule is C=C1[C@@H](O)[C@H](O)[C@]2(C[C@@H]3C(C)=CC[C@@H]4[C@@]3(C)CCC[C@@]4(C)C(=O)O)O[C@@H]2[C@H]1O. The average Bonchev–Trinajstić information content (AvgIpc) is 3.37. The van der Waals surface area contributed by atoms with Gasteiger partial charge in [0.2, 0.25) is 0 Å². The number of aliphatic carboxylic acids is 1. The number of hydrogen-bond acceptors (Lipinski definition) is 5. The Morgan fingerprint density at radius 1 is 1.25 bits per heavy atom. The fourth-order valence-corrected chi connectivity index (χ4v) is 6.69. The average molecular weight is 392 g/mol. The molecule has 0 aromatic rings. The molecule has 3 aliphatic carbocycles. The van der Waals surface area contributed by atoms with Gasteiger partial charge in [0.1, 0.15) is 30.0 Å². The standard InChI is InChI=1S/C22H32O6/c1-11-6-7-14-20(3,8-5-9-21(14,4)19(26)27)13(11)10-22-17(25)15(23)12(2)16(24)18(22)28-22/h6,13-18,23-25H,2,5,7-10H2,1,3-4H3,(H,26,27)/t13-,14-,15-,16+,17+,18-,20+,21-,22+/m1/s1. The first kappa shape index (κ1) is 20.1. The van der Waals surface area contributed by atoms with Gasteiger partial charge in [-0.2, -0.15) is 0 Å². The maximum atomic E-state index is 12.1. The molecule has 0 amide bonds.